The molecule has 0 aromatic carbocycles. The van der Waals surface area contributed by atoms with Gasteiger partial charge in [0.1, 0.15) is 0 Å². The van der Waals surface area contributed by atoms with Crippen LogP contribution >= 0.6 is 0 Å². The maximum Gasteiger partial charge on any atom is 0.331 e. The first-order chi connectivity index (χ1) is 6.70. The Bertz CT molecular complexity index is 372. The Kier molecular flexibility index (Phi) is 2.35. The monoisotopic (exact) mass is 196 g/mol. The normalized spacial score (nSPS) is 18.6. The van der Waals surface area contributed by atoms with Gasteiger partial charge >= 0.3 is 5.69 Å². The molecule has 1 saturated carbocycles. The van der Waals surface area contributed by atoms with Crippen molar-refractivity contribution in [2.24, 2.45) is 7.05 Å². The Morgan fingerprint density at radius 3 is 2.50 bits per heavy atom. The quantitative estimate of drug-likeness (QED) is 0.738. The average Bonchev–Trinajstić information content (AvgIpc) is 2.43. The fourth-order valence-electron chi connectivity index (χ4n) is 2.24. The molecule has 2 rings (SSSR count). The van der Waals surface area contributed by atoms with E-state index in [1.807, 2.05) is 0 Å². The van der Waals surface area contributed by atoms with E-state index in [9.17, 15) is 9.90 Å². The first kappa shape index (κ1) is 9.37. The average molecular weight is 196 g/mol. The molecule has 0 bridgehead atoms. The van der Waals surface area contributed by atoms with Crippen molar-refractivity contribution in [1.82, 2.24) is 9.13 Å². The Morgan fingerprint density at radius 1 is 1.36 bits per heavy atom. The highest BCUT2D eigenvalue weighted by molar-refractivity contribution is 5.07. The van der Waals surface area contributed by atoms with Gasteiger partial charge in [-0.05, 0) is 12.8 Å². The second kappa shape index (κ2) is 3.52. The molecule has 0 unspecified atom stereocenters. The van der Waals surface area contributed by atoms with Crippen molar-refractivity contribution < 1.29 is 5.11 Å². The zero-order valence-electron chi connectivity index (χ0n) is 8.44. The van der Waals surface area contributed by atoms with Gasteiger partial charge in [0.2, 0.25) is 5.88 Å². The molecule has 78 valence electrons. The van der Waals surface area contributed by atoms with E-state index >= 15 is 0 Å². The van der Waals surface area contributed by atoms with Gasteiger partial charge in [-0.2, -0.15) is 0 Å². The van der Waals surface area contributed by atoms with Gasteiger partial charge in [0.05, 0.1) is 6.20 Å². The lowest BCUT2D eigenvalue weighted by atomic mass is 9.95. The van der Waals surface area contributed by atoms with Gasteiger partial charge in [-0.15, -0.1) is 0 Å². The van der Waals surface area contributed by atoms with Crippen LogP contribution in [0.25, 0.3) is 0 Å². The van der Waals surface area contributed by atoms with E-state index in [0.717, 1.165) is 25.7 Å². The van der Waals surface area contributed by atoms with Crippen LogP contribution in [0.3, 0.4) is 0 Å². The van der Waals surface area contributed by atoms with E-state index in [2.05, 4.69) is 0 Å². The largest absolute Gasteiger partial charge is 0.493 e. The van der Waals surface area contributed by atoms with Crippen LogP contribution in [-0.4, -0.2) is 14.2 Å². The third-order valence-corrected chi connectivity index (χ3v) is 3.00. The Hall–Kier alpha value is -1.19. The first-order valence-electron chi connectivity index (χ1n) is 5.17. The van der Waals surface area contributed by atoms with Gasteiger partial charge in [0.25, 0.3) is 0 Å². The summed E-state index contributed by atoms with van der Waals surface area (Å²) in [6.45, 7) is 0. The number of nitrogens with zero attached hydrogens (tertiary/aromatic N) is 2. The standard InChI is InChI=1S/C10H16N2O2/c1-11-7-9(13)12(10(11)14)8-5-3-2-4-6-8/h7-8,13H,2-6H2,1H3. The van der Waals surface area contributed by atoms with Gasteiger partial charge < -0.3 is 5.11 Å². The molecule has 0 saturated heterocycles. The molecule has 0 radical (unpaired) electrons. The van der Waals surface area contributed by atoms with Crippen molar-refractivity contribution in [1.29, 1.82) is 0 Å². The maximum atomic E-state index is 11.7. The van der Waals surface area contributed by atoms with Gasteiger partial charge in [-0.1, -0.05) is 19.3 Å². The van der Waals surface area contributed by atoms with Gasteiger partial charge in [0, 0.05) is 13.1 Å². The summed E-state index contributed by atoms with van der Waals surface area (Å²) in [6.07, 6.45) is 7.07. The summed E-state index contributed by atoms with van der Waals surface area (Å²) >= 11 is 0. The second-order valence-corrected chi connectivity index (χ2v) is 4.04. The molecular formula is C10H16N2O2. The summed E-state index contributed by atoms with van der Waals surface area (Å²) in [5.41, 5.74) is -0.102. The van der Waals surface area contributed by atoms with E-state index in [4.69, 9.17) is 0 Å². The molecule has 1 aliphatic rings. The third kappa shape index (κ3) is 1.45. The Balaban J connectivity index is 2.34. The molecule has 1 heterocycles. The van der Waals surface area contributed by atoms with E-state index < -0.39 is 0 Å². The van der Waals surface area contributed by atoms with Crippen LogP contribution in [0.4, 0.5) is 0 Å². The summed E-state index contributed by atoms with van der Waals surface area (Å²) in [4.78, 5) is 11.7. The van der Waals surface area contributed by atoms with Gasteiger partial charge in [-0.25, -0.2) is 4.79 Å². The molecule has 1 aromatic heterocycles. The first-order valence-corrected chi connectivity index (χ1v) is 5.17. The van der Waals surface area contributed by atoms with Crippen molar-refractivity contribution in [2.45, 2.75) is 38.1 Å². The zero-order chi connectivity index (χ0) is 10.1. The van der Waals surface area contributed by atoms with E-state index in [1.54, 1.807) is 7.05 Å². The van der Waals surface area contributed by atoms with Crippen molar-refractivity contribution in [2.75, 3.05) is 0 Å². The predicted octanol–water partition coefficient (Wildman–Crippen LogP) is 1.40. The van der Waals surface area contributed by atoms with Crippen molar-refractivity contribution in [3.05, 3.63) is 16.7 Å². The lowest BCUT2D eigenvalue weighted by Gasteiger charge is -2.22. The van der Waals surface area contributed by atoms with Crippen LogP contribution in [0.2, 0.25) is 0 Å². The van der Waals surface area contributed by atoms with Crippen LogP contribution in [0.15, 0.2) is 11.0 Å². The summed E-state index contributed by atoms with van der Waals surface area (Å²) in [6, 6.07) is 0.206. The fourth-order valence-corrected chi connectivity index (χ4v) is 2.24. The second-order valence-electron chi connectivity index (χ2n) is 4.04. The number of hydrogen-bond donors (Lipinski definition) is 1. The molecule has 1 aliphatic carbocycles. The molecular weight excluding hydrogens is 180 g/mol. The molecule has 1 N–H and O–H groups in total. The Morgan fingerprint density at radius 2 is 2.00 bits per heavy atom. The van der Waals surface area contributed by atoms with Crippen LogP contribution in [0.1, 0.15) is 38.1 Å². The molecule has 1 fully saturated rings. The van der Waals surface area contributed by atoms with Crippen molar-refractivity contribution in [3.63, 3.8) is 0 Å². The van der Waals surface area contributed by atoms with Crippen LogP contribution < -0.4 is 5.69 Å². The predicted molar refractivity (Wildman–Crippen MR) is 53.5 cm³/mol. The molecule has 14 heavy (non-hydrogen) atoms. The fraction of sp³-hybridized carbons (Fsp3) is 0.700. The number of imidazole rings is 1. The number of aromatic hydroxyl groups is 1. The highest BCUT2D eigenvalue weighted by atomic mass is 16.3. The van der Waals surface area contributed by atoms with Gasteiger partial charge in [0.15, 0.2) is 0 Å². The molecule has 0 amide bonds. The number of aromatic nitrogens is 2. The minimum absolute atomic E-state index is 0.101. The van der Waals surface area contributed by atoms with E-state index in [1.165, 1.54) is 21.8 Å². The maximum absolute atomic E-state index is 11.7. The minimum Gasteiger partial charge on any atom is -0.493 e. The number of aryl methyl sites for hydroxylation is 1. The lowest BCUT2D eigenvalue weighted by Crippen LogP contribution is -2.27. The molecule has 0 atom stereocenters. The van der Waals surface area contributed by atoms with Gasteiger partial charge in [-0.3, -0.25) is 9.13 Å². The highest BCUT2D eigenvalue weighted by Crippen LogP contribution is 2.29. The molecule has 4 nitrogen and oxygen atoms in total. The van der Waals surface area contributed by atoms with Crippen LogP contribution in [0.5, 0.6) is 5.88 Å². The number of hydrogen-bond acceptors (Lipinski definition) is 2. The zero-order valence-corrected chi connectivity index (χ0v) is 8.44. The van der Waals surface area contributed by atoms with Crippen molar-refractivity contribution in [3.8, 4) is 5.88 Å². The van der Waals surface area contributed by atoms with E-state index in [-0.39, 0.29) is 17.6 Å². The summed E-state index contributed by atoms with van der Waals surface area (Å²) < 4.78 is 2.96. The SMILES string of the molecule is Cn1cc(O)n(C2CCCCC2)c1=O. The highest BCUT2D eigenvalue weighted by Gasteiger charge is 2.20. The van der Waals surface area contributed by atoms with Crippen LogP contribution in [0, 0.1) is 0 Å². The molecule has 0 aliphatic heterocycles. The van der Waals surface area contributed by atoms with Crippen molar-refractivity contribution >= 4 is 0 Å². The van der Waals surface area contributed by atoms with E-state index in [0.29, 0.717) is 0 Å². The van der Waals surface area contributed by atoms with Crippen LogP contribution in [-0.2, 0) is 7.05 Å². The summed E-state index contributed by atoms with van der Waals surface area (Å²) in [7, 11) is 1.67. The lowest BCUT2D eigenvalue weighted by molar-refractivity contribution is 0.307. The smallest absolute Gasteiger partial charge is 0.331 e. The summed E-state index contributed by atoms with van der Waals surface area (Å²) in [5.74, 6) is 0.101. The summed E-state index contributed by atoms with van der Waals surface area (Å²) in [5, 5.41) is 9.61. The minimum atomic E-state index is -0.102. The topological polar surface area (TPSA) is 47.2 Å². The number of rotatable bonds is 1. The molecule has 0 spiro atoms. The molecule has 1 aromatic rings. The third-order valence-electron chi connectivity index (χ3n) is 3.00. The molecule has 4 heteroatoms. The Labute approximate surface area is 82.8 Å².